The van der Waals surface area contributed by atoms with E-state index in [0.717, 1.165) is 29.9 Å². The van der Waals surface area contributed by atoms with E-state index in [4.69, 9.17) is 4.98 Å². The smallest absolute Gasteiger partial charge is 0.253 e. The second kappa shape index (κ2) is 8.31. The molecule has 0 radical (unpaired) electrons. The average molecular weight is 409 g/mol. The number of carbonyl (C=O) groups excluding carboxylic acids is 2. The van der Waals surface area contributed by atoms with E-state index in [1.54, 1.807) is 49.7 Å². The first-order valence-electron chi connectivity index (χ1n) is 9.72. The van der Waals surface area contributed by atoms with E-state index in [-0.39, 0.29) is 17.9 Å². The second-order valence-corrected chi connectivity index (χ2v) is 8.54. The number of nitrogens with zero attached hydrogens (tertiary/aromatic N) is 3. The Hall–Kier alpha value is -2.77. The fourth-order valence-corrected chi connectivity index (χ4v) is 4.80. The highest BCUT2D eigenvalue weighted by atomic mass is 32.1. The largest absolute Gasteiger partial charge is 0.345 e. The lowest BCUT2D eigenvalue weighted by atomic mass is 10.2. The Morgan fingerprint density at radius 1 is 1.17 bits per heavy atom. The molecule has 1 aromatic heterocycles. The van der Waals surface area contributed by atoms with Gasteiger partial charge in [0.1, 0.15) is 5.01 Å². The van der Waals surface area contributed by atoms with Crippen molar-refractivity contribution < 1.29 is 9.59 Å². The van der Waals surface area contributed by atoms with Gasteiger partial charge in [0, 0.05) is 25.3 Å². The van der Waals surface area contributed by atoms with Crippen LogP contribution in [0.5, 0.6) is 0 Å². The molecule has 0 unspecified atom stereocenters. The molecule has 2 aromatic carbocycles. The van der Waals surface area contributed by atoms with Crippen molar-refractivity contribution in [3.8, 4) is 0 Å². The van der Waals surface area contributed by atoms with Gasteiger partial charge in [-0.05, 0) is 55.8 Å². The maximum Gasteiger partial charge on any atom is 0.253 e. The summed E-state index contributed by atoms with van der Waals surface area (Å²) in [5.41, 5.74) is 2.32. The predicted octanol–water partition coefficient (Wildman–Crippen LogP) is 3.77. The van der Waals surface area contributed by atoms with E-state index >= 15 is 0 Å². The number of nitrogens with one attached hydrogen (secondary N) is 1. The first kappa shape index (κ1) is 19.5. The number of fused-ring (bicyclic) bond motifs is 1. The van der Waals surface area contributed by atoms with Crippen LogP contribution in [0.1, 0.15) is 34.2 Å². The fraction of sp³-hybridized carbons (Fsp3) is 0.318. The summed E-state index contributed by atoms with van der Waals surface area (Å²) in [6, 6.07) is 15.4. The molecular formula is C22H24N4O2S. The van der Waals surface area contributed by atoms with Crippen molar-refractivity contribution in [3.63, 3.8) is 0 Å². The van der Waals surface area contributed by atoms with E-state index in [1.165, 1.54) is 9.60 Å². The summed E-state index contributed by atoms with van der Waals surface area (Å²) in [6.45, 7) is 1.23. The molecule has 1 saturated heterocycles. The van der Waals surface area contributed by atoms with Crippen LogP contribution >= 0.6 is 11.3 Å². The highest BCUT2D eigenvalue weighted by Crippen LogP contribution is 2.36. The average Bonchev–Trinajstić information content (AvgIpc) is 3.34. The van der Waals surface area contributed by atoms with Crippen LogP contribution in [0.3, 0.4) is 0 Å². The molecule has 1 aliphatic rings. The zero-order valence-electron chi connectivity index (χ0n) is 16.6. The van der Waals surface area contributed by atoms with Crippen LogP contribution in [0, 0.1) is 0 Å². The lowest BCUT2D eigenvalue weighted by Gasteiger charge is -2.22. The number of hydrogen-bond acceptors (Lipinski definition) is 5. The molecule has 0 spiro atoms. The molecule has 1 fully saturated rings. The molecule has 150 valence electrons. The van der Waals surface area contributed by atoms with Crippen molar-refractivity contribution >= 4 is 39.1 Å². The van der Waals surface area contributed by atoms with Crippen molar-refractivity contribution in [2.75, 3.05) is 32.5 Å². The van der Waals surface area contributed by atoms with Gasteiger partial charge in [-0.25, -0.2) is 4.98 Å². The number of thiazole rings is 1. The van der Waals surface area contributed by atoms with Gasteiger partial charge in [0.2, 0.25) is 5.91 Å². The molecule has 7 heteroatoms. The molecule has 2 amide bonds. The summed E-state index contributed by atoms with van der Waals surface area (Å²) in [4.78, 5) is 33.1. The topological polar surface area (TPSA) is 65.5 Å². The minimum absolute atomic E-state index is 0.0512. The minimum Gasteiger partial charge on any atom is -0.345 e. The molecule has 0 saturated carbocycles. The Bertz CT molecular complexity index is 996. The van der Waals surface area contributed by atoms with Crippen molar-refractivity contribution in [1.82, 2.24) is 14.8 Å². The predicted molar refractivity (Wildman–Crippen MR) is 116 cm³/mol. The molecule has 0 aliphatic carbocycles. The Balaban J connectivity index is 1.40. The second-order valence-electron chi connectivity index (χ2n) is 7.47. The highest BCUT2D eigenvalue weighted by Gasteiger charge is 2.30. The van der Waals surface area contributed by atoms with E-state index in [2.05, 4.69) is 16.3 Å². The highest BCUT2D eigenvalue weighted by molar-refractivity contribution is 7.18. The third kappa shape index (κ3) is 4.31. The van der Waals surface area contributed by atoms with Crippen molar-refractivity contribution in [2.24, 2.45) is 0 Å². The van der Waals surface area contributed by atoms with Gasteiger partial charge in [0.15, 0.2) is 0 Å². The number of anilines is 1. The SMILES string of the molecule is CN(C)C(=O)c1ccc(NC(=O)CN2CCC[C@@H]2c2nc3ccccc3s2)cc1. The van der Waals surface area contributed by atoms with Gasteiger partial charge in [0.05, 0.1) is 22.8 Å². The summed E-state index contributed by atoms with van der Waals surface area (Å²) in [5.74, 6) is -0.108. The Kier molecular flexibility index (Phi) is 5.60. The summed E-state index contributed by atoms with van der Waals surface area (Å²) in [7, 11) is 3.44. The monoisotopic (exact) mass is 408 g/mol. The molecule has 0 bridgehead atoms. The molecule has 1 aliphatic heterocycles. The van der Waals surface area contributed by atoms with Crippen molar-refractivity contribution in [3.05, 3.63) is 59.1 Å². The number of hydrogen-bond donors (Lipinski definition) is 1. The van der Waals surface area contributed by atoms with Crippen LogP contribution < -0.4 is 5.32 Å². The first-order valence-corrected chi connectivity index (χ1v) is 10.5. The zero-order chi connectivity index (χ0) is 20.4. The molecule has 3 aromatic rings. The summed E-state index contributed by atoms with van der Waals surface area (Å²) in [6.07, 6.45) is 2.09. The van der Waals surface area contributed by atoms with Gasteiger partial charge in [-0.2, -0.15) is 0 Å². The number of likely N-dealkylation sites (tertiary alicyclic amines) is 1. The van der Waals surface area contributed by atoms with Crippen LogP contribution in [-0.4, -0.2) is 53.8 Å². The molecule has 29 heavy (non-hydrogen) atoms. The molecule has 4 rings (SSSR count). The van der Waals surface area contributed by atoms with Gasteiger partial charge in [-0.1, -0.05) is 12.1 Å². The Labute approximate surface area is 174 Å². The first-order chi connectivity index (χ1) is 14.0. The molecule has 2 heterocycles. The van der Waals surface area contributed by atoms with Crippen molar-refractivity contribution in [2.45, 2.75) is 18.9 Å². The van der Waals surface area contributed by atoms with Gasteiger partial charge in [-0.15, -0.1) is 11.3 Å². The number of rotatable bonds is 5. The Morgan fingerprint density at radius 3 is 2.66 bits per heavy atom. The summed E-state index contributed by atoms with van der Waals surface area (Å²) >= 11 is 1.72. The molecular weight excluding hydrogens is 384 g/mol. The third-order valence-corrected chi connectivity index (χ3v) is 6.27. The zero-order valence-corrected chi connectivity index (χ0v) is 17.4. The normalized spacial score (nSPS) is 16.8. The number of amides is 2. The van der Waals surface area contributed by atoms with Gasteiger partial charge in [-0.3, -0.25) is 14.5 Å². The standard InChI is InChI=1S/C22H24N4O2S/c1-25(2)22(28)15-9-11-16(12-10-15)23-20(27)14-26-13-5-7-18(26)21-24-17-6-3-4-8-19(17)29-21/h3-4,6,8-12,18H,5,7,13-14H2,1-2H3,(H,23,27)/t18-/m1/s1. The minimum atomic E-state index is -0.0568. The maximum atomic E-state index is 12.6. The number of carbonyl (C=O) groups is 2. The number of para-hydroxylation sites is 1. The van der Waals surface area contributed by atoms with Crippen LogP contribution in [0.2, 0.25) is 0 Å². The molecule has 1 N–H and O–H groups in total. The third-order valence-electron chi connectivity index (χ3n) is 5.13. The van der Waals surface area contributed by atoms with Crippen LogP contribution in [-0.2, 0) is 4.79 Å². The maximum absolute atomic E-state index is 12.6. The lowest BCUT2D eigenvalue weighted by molar-refractivity contribution is -0.117. The van der Waals surface area contributed by atoms with E-state index in [9.17, 15) is 9.59 Å². The van der Waals surface area contributed by atoms with E-state index in [1.807, 2.05) is 18.2 Å². The van der Waals surface area contributed by atoms with E-state index < -0.39 is 0 Å². The quantitative estimate of drug-likeness (QED) is 0.698. The fourth-order valence-electron chi connectivity index (χ4n) is 3.67. The summed E-state index contributed by atoms with van der Waals surface area (Å²) < 4.78 is 1.19. The molecule has 6 nitrogen and oxygen atoms in total. The number of benzene rings is 2. The lowest BCUT2D eigenvalue weighted by Crippen LogP contribution is -2.32. The Morgan fingerprint density at radius 2 is 1.93 bits per heavy atom. The molecule has 1 atom stereocenters. The van der Waals surface area contributed by atoms with E-state index in [0.29, 0.717) is 17.8 Å². The summed E-state index contributed by atoms with van der Waals surface area (Å²) in [5, 5.41) is 4.03. The van der Waals surface area contributed by atoms with Crippen LogP contribution in [0.25, 0.3) is 10.2 Å². The van der Waals surface area contributed by atoms with Gasteiger partial charge >= 0.3 is 0 Å². The van der Waals surface area contributed by atoms with Crippen molar-refractivity contribution in [1.29, 1.82) is 0 Å². The van der Waals surface area contributed by atoms with Gasteiger partial charge < -0.3 is 10.2 Å². The number of aromatic nitrogens is 1. The van der Waals surface area contributed by atoms with Crippen LogP contribution in [0.4, 0.5) is 5.69 Å². The van der Waals surface area contributed by atoms with Crippen LogP contribution in [0.15, 0.2) is 48.5 Å². The van der Waals surface area contributed by atoms with Gasteiger partial charge in [0.25, 0.3) is 5.91 Å².